The van der Waals surface area contributed by atoms with Gasteiger partial charge in [-0.3, -0.25) is 9.69 Å². The van der Waals surface area contributed by atoms with Gasteiger partial charge in [-0.1, -0.05) is 0 Å². The highest BCUT2D eigenvalue weighted by molar-refractivity contribution is 5.94. The Hall–Kier alpha value is -2.47. The number of rotatable bonds is 4. The number of methoxy groups -OCH3 is 1. The maximum absolute atomic E-state index is 12.5. The van der Waals surface area contributed by atoms with Gasteiger partial charge in [0.1, 0.15) is 0 Å². The van der Waals surface area contributed by atoms with Crippen LogP contribution in [-0.4, -0.2) is 38.2 Å². The molecule has 1 aromatic heterocycles. The Morgan fingerprint density at radius 3 is 3.04 bits per heavy atom. The van der Waals surface area contributed by atoms with Crippen LogP contribution < -0.4 is 14.2 Å². The van der Waals surface area contributed by atoms with E-state index in [4.69, 9.17) is 18.6 Å². The molecule has 2 aliphatic rings. The number of hydrogen-bond donors (Lipinski definition) is 0. The standard InChI is InChI=1S/C18H19NO5/c1-19-6-5-11-8-15-17(24-10-23-15)18(21-2)16(11)12(19)9-13(20)14-4-3-7-22-14/h3-4,7-8,12H,5-6,9-10H2,1-2H3/t12-/m1/s1. The predicted octanol–water partition coefficient (Wildman–Crippen LogP) is 2.82. The van der Waals surface area contributed by atoms with E-state index < -0.39 is 0 Å². The normalized spacial score (nSPS) is 19.2. The summed E-state index contributed by atoms with van der Waals surface area (Å²) in [6.07, 6.45) is 2.72. The number of furan rings is 1. The van der Waals surface area contributed by atoms with Crippen molar-refractivity contribution in [2.45, 2.75) is 18.9 Å². The summed E-state index contributed by atoms with van der Waals surface area (Å²) >= 11 is 0. The second kappa shape index (κ2) is 5.87. The lowest BCUT2D eigenvalue weighted by Crippen LogP contribution is -2.34. The summed E-state index contributed by atoms with van der Waals surface area (Å²) in [5, 5.41) is 0. The Bertz CT molecular complexity index is 768. The highest BCUT2D eigenvalue weighted by Gasteiger charge is 2.35. The van der Waals surface area contributed by atoms with Crippen molar-refractivity contribution in [3.8, 4) is 17.2 Å². The molecule has 0 saturated heterocycles. The second-order valence-corrected chi connectivity index (χ2v) is 6.07. The quantitative estimate of drug-likeness (QED) is 0.804. The number of ketones is 1. The van der Waals surface area contributed by atoms with E-state index in [1.807, 2.05) is 13.1 Å². The van der Waals surface area contributed by atoms with E-state index in [0.29, 0.717) is 29.4 Å². The summed E-state index contributed by atoms with van der Waals surface area (Å²) in [6, 6.07) is 5.35. The van der Waals surface area contributed by atoms with Gasteiger partial charge in [-0.05, 0) is 37.2 Å². The molecule has 3 heterocycles. The van der Waals surface area contributed by atoms with Crippen LogP contribution in [-0.2, 0) is 6.42 Å². The molecule has 6 nitrogen and oxygen atoms in total. The molecule has 6 heteroatoms. The first-order valence-corrected chi connectivity index (χ1v) is 7.95. The molecule has 2 aliphatic heterocycles. The highest BCUT2D eigenvalue weighted by Crippen LogP contribution is 2.50. The van der Waals surface area contributed by atoms with E-state index in [-0.39, 0.29) is 18.6 Å². The van der Waals surface area contributed by atoms with E-state index in [1.165, 1.54) is 6.26 Å². The lowest BCUT2D eigenvalue weighted by molar-refractivity contribution is 0.0898. The zero-order chi connectivity index (χ0) is 16.7. The van der Waals surface area contributed by atoms with Crippen LogP contribution in [0, 0.1) is 0 Å². The van der Waals surface area contributed by atoms with E-state index in [1.54, 1.807) is 19.2 Å². The molecule has 2 aromatic rings. The number of fused-ring (bicyclic) bond motifs is 2. The fraction of sp³-hybridized carbons (Fsp3) is 0.389. The summed E-state index contributed by atoms with van der Waals surface area (Å²) in [6.45, 7) is 1.06. The highest BCUT2D eigenvalue weighted by atomic mass is 16.7. The minimum absolute atomic E-state index is 0.0237. The number of carbonyl (C=O) groups excluding carboxylic acids is 1. The zero-order valence-corrected chi connectivity index (χ0v) is 13.7. The first kappa shape index (κ1) is 15.1. The third-order valence-electron chi connectivity index (χ3n) is 4.72. The Balaban J connectivity index is 1.75. The lowest BCUT2D eigenvalue weighted by Gasteiger charge is -2.35. The van der Waals surface area contributed by atoms with Gasteiger partial charge in [0.25, 0.3) is 0 Å². The molecule has 0 saturated carbocycles. The van der Waals surface area contributed by atoms with Crippen molar-refractivity contribution in [3.63, 3.8) is 0 Å². The number of benzene rings is 1. The van der Waals surface area contributed by atoms with Crippen molar-refractivity contribution in [1.29, 1.82) is 0 Å². The van der Waals surface area contributed by atoms with Crippen molar-refractivity contribution in [2.24, 2.45) is 0 Å². The monoisotopic (exact) mass is 329 g/mol. The van der Waals surface area contributed by atoms with Gasteiger partial charge in [0.05, 0.1) is 13.4 Å². The first-order chi connectivity index (χ1) is 11.7. The van der Waals surface area contributed by atoms with Crippen LogP contribution in [0.2, 0.25) is 0 Å². The van der Waals surface area contributed by atoms with Gasteiger partial charge in [0, 0.05) is 24.6 Å². The van der Waals surface area contributed by atoms with E-state index >= 15 is 0 Å². The summed E-state index contributed by atoms with van der Waals surface area (Å²) in [5.41, 5.74) is 2.15. The van der Waals surface area contributed by atoms with Crippen LogP contribution in [0.5, 0.6) is 17.2 Å². The van der Waals surface area contributed by atoms with E-state index in [9.17, 15) is 4.79 Å². The smallest absolute Gasteiger partial charge is 0.231 e. The Morgan fingerprint density at radius 2 is 2.29 bits per heavy atom. The first-order valence-electron chi connectivity index (χ1n) is 7.95. The van der Waals surface area contributed by atoms with Crippen LogP contribution in [0.4, 0.5) is 0 Å². The molecular weight excluding hydrogens is 310 g/mol. The summed E-state index contributed by atoms with van der Waals surface area (Å²) in [7, 11) is 3.64. The van der Waals surface area contributed by atoms with Gasteiger partial charge in [-0.15, -0.1) is 0 Å². The van der Waals surface area contributed by atoms with Crippen LogP contribution >= 0.6 is 0 Å². The fourth-order valence-corrected chi connectivity index (χ4v) is 3.50. The molecule has 0 bridgehead atoms. The van der Waals surface area contributed by atoms with Gasteiger partial charge in [-0.2, -0.15) is 0 Å². The minimum Gasteiger partial charge on any atom is -0.492 e. The van der Waals surface area contributed by atoms with Crippen molar-refractivity contribution in [3.05, 3.63) is 41.3 Å². The molecule has 4 rings (SSSR count). The number of Topliss-reactive ketones (excluding diaryl/α,β-unsaturated/α-hetero) is 1. The molecule has 0 aliphatic carbocycles. The number of hydrogen-bond acceptors (Lipinski definition) is 6. The number of nitrogens with zero attached hydrogens (tertiary/aromatic N) is 1. The van der Waals surface area contributed by atoms with Gasteiger partial charge in [0.2, 0.25) is 12.5 Å². The Morgan fingerprint density at radius 1 is 1.42 bits per heavy atom. The van der Waals surface area contributed by atoms with Gasteiger partial charge in [-0.25, -0.2) is 0 Å². The SMILES string of the molecule is COc1c2c(cc3c1[C@@H](CC(=O)c1ccco1)N(C)CC3)OCO2. The zero-order valence-electron chi connectivity index (χ0n) is 13.7. The number of ether oxygens (including phenoxy) is 3. The average molecular weight is 329 g/mol. The molecule has 126 valence electrons. The lowest BCUT2D eigenvalue weighted by atomic mass is 9.88. The van der Waals surface area contributed by atoms with E-state index in [0.717, 1.165) is 24.1 Å². The molecule has 0 unspecified atom stereocenters. The topological polar surface area (TPSA) is 61.1 Å². The van der Waals surface area contributed by atoms with Crippen molar-refractivity contribution in [2.75, 3.05) is 27.5 Å². The molecular formula is C18H19NO5. The summed E-state index contributed by atoms with van der Waals surface area (Å²) < 4.78 is 22.0. The number of likely N-dealkylation sites (N-methyl/N-ethyl adjacent to an activating group) is 1. The molecule has 24 heavy (non-hydrogen) atoms. The van der Waals surface area contributed by atoms with Crippen molar-refractivity contribution in [1.82, 2.24) is 4.90 Å². The van der Waals surface area contributed by atoms with Crippen LogP contribution in [0.15, 0.2) is 28.9 Å². The van der Waals surface area contributed by atoms with Crippen molar-refractivity contribution < 1.29 is 23.4 Å². The molecule has 0 N–H and O–H groups in total. The van der Waals surface area contributed by atoms with E-state index in [2.05, 4.69) is 4.90 Å². The van der Waals surface area contributed by atoms with Crippen LogP contribution in [0.25, 0.3) is 0 Å². The maximum Gasteiger partial charge on any atom is 0.231 e. The third-order valence-corrected chi connectivity index (χ3v) is 4.72. The number of carbonyl (C=O) groups is 1. The fourth-order valence-electron chi connectivity index (χ4n) is 3.50. The molecule has 0 spiro atoms. The van der Waals surface area contributed by atoms with Crippen molar-refractivity contribution >= 4 is 5.78 Å². The predicted molar refractivity (Wildman–Crippen MR) is 85.8 cm³/mol. The summed E-state index contributed by atoms with van der Waals surface area (Å²) in [4.78, 5) is 14.7. The second-order valence-electron chi connectivity index (χ2n) is 6.07. The maximum atomic E-state index is 12.5. The van der Waals surface area contributed by atoms with Crippen LogP contribution in [0.3, 0.4) is 0 Å². The molecule has 0 amide bonds. The molecule has 1 atom stereocenters. The minimum atomic E-state index is -0.0872. The largest absolute Gasteiger partial charge is 0.492 e. The molecule has 0 radical (unpaired) electrons. The summed E-state index contributed by atoms with van der Waals surface area (Å²) in [5.74, 6) is 2.37. The Kier molecular flexibility index (Phi) is 3.69. The van der Waals surface area contributed by atoms with Gasteiger partial charge in [0.15, 0.2) is 23.0 Å². The molecule has 0 fully saturated rings. The third kappa shape index (κ3) is 2.34. The van der Waals surface area contributed by atoms with Gasteiger partial charge < -0.3 is 18.6 Å². The Labute approximate surface area is 139 Å². The van der Waals surface area contributed by atoms with Crippen LogP contribution in [0.1, 0.15) is 34.1 Å². The average Bonchev–Trinajstić information content (AvgIpc) is 3.26. The molecule has 1 aromatic carbocycles. The van der Waals surface area contributed by atoms with Gasteiger partial charge >= 0.3 is 0 Å².